The Hall–Kier alpha value is -4.88. The van der Waals surface area contributed by atoms with Crippen LogP contribution in [0.5, 0.6) is 0 Å². The molecule has 40 heavy (non-hydrogen) atoms. The molecule has 1 atom stereocenters. The highest BCUT2D eigenvalue weighted by molar-refractivity contribution is 6.31. The van der Waals surface area contributed by atoms with Crippen molar-refractivity contribution < 1.29 is 19.1 Å². The van der Waals surface area contributed by atoms with Crippen molar-refractivity contribution in [1.82, 2.24) is 20.2 Å². The summed E-state index contributed by atoms with van der Waals surface area (Å²) in [5, 5.41) is 14.5. The van der Waals surface area contributed by atoms with Crippen LogP contribution in [0.3, 0.4) is 0 Å². The van der Waals surface area contributed by atoms with E-state index in [4.69, 9.17) is 23.1 Å². The van der Waals surface area contributed by atoms with E-state index >= 15 is 4.39 Å². The summed E-state index contributed by atoms with van der Waals surface area (Å²) in [4.78, 5) is 47.2. The van der Waals surface area contributed by atoms with Gasteiger partial charge in [-0.3, -0.25) is 14.6 Å². The van der Waals surface area contributed by atoms with Crippen LogP contribution in [0.25, 0.3) is 10.9 Å². The zero-order valence-electron chi connectivity index (χ0n) is 21.2. The third-order valence-electron chi connectivity index (χ3n) is 6.19. The fourth-order valence-electron chi connectivity index (χ4n) is 4.34. The first-order chi connectivity index (χ1) is 19.3. The predicted molar refractivity (Wildman–Crippen MR) is 151 cm³/mol. The minimum absolute atomic E-state index is 0.0186. The Morgan fingerprint density at radius 1 is 1.18 bits per heavy atom. The van der Waals surface area contributed by atoms with Gasteiger partial charge < -0.3 is 25.6 Å². The summed E-state index contributed by atoms with van der Waals surface area (Å²) in [5.74, 6) is 0.927. The number of benzene rings is 2. The molecule has 2 aromatic carbocycles. The van der Waals surface area contributed by atoms with Gasteiger partial charge >= 0.3 is 6.09 Å². The number of rotatable bonds is 10. The van der Waals surface area contributed by atoms with Crippen LogP contribution in [-0.2, 0) is 0 Å². The van der Waals surface area contributed by atoms with Gasteiger partial charge in [-0.15, -0.1) is 12.3 Å². The Morgan fingerprint density at radius 2 is 1.95 bits per heavy atom. The Morgan fingerprint density at radius 3 is 2.67 bits per heavy atom. The fourth-order valence-corrected chi connectivity index (χ4v) is 4.52. The van der Waals surface area contributed by atoms with Crippen LogP contribution in [0.4, 0.5) is 20.6 Å². The van der Waals surface area contributed by atoms with Crippen molar-refractivity contribution in [1.29, 1.82) is 0 Å². The van der Waals surface area contributed by atoms with Crippen LogP contribution < -0.4 is 16.1 Å². The van der Waals surface area contributed by atoms with Crippen molar-refractivity contribution in [2.75, 3.05) is 18.4 Å². The molecule has 2 heterocycles. The van der Waals surface area contributed by atoms with Gasteiger partial charge in [-0.2, -0.15) is 0 Å². The summed E-state index contributed by atoms with van der Waals surface area (Å²) < 4.78 is 15.0. The van der Waals surface area contributed by atoms with Crippen LogP contribution in [0.15, 0.2) is 71.8 Å². The second-order valence-electron chi connectivity index (χ2n) is 8.76. The van der Waals surface area contributed by atoms with E-state index in [9.17, 15) is 14.4 Å². The van der Waals surface area contributed by atoms with Crippen LogP contribution in [0, 0.1) is 18.2 Å². The van der Waals surface area contributed by atoms with E-state index in [-0.39, 0.29) is 53.3 Å². The molecule has 4 rings (SSSR count). The van der Waals surface area contributed by atoms with Gasteiger partial charge in [0.2, 0.25) is 5.43 Å². The van der Waals surface area contributed by atoms with Crippen molar-refractivity contribution >= 4 is 45.9 Å². The second kappa shape index (κ2) is 12.8. The number of nitrogens with zero attached hydrogens (tertiary/aromatic N) is 2. The number of carbonyl (C=O) groups excluding carboxylic acids is 1. The molecule has 2 amide bonds. The third kappa shape index (κ3) is 6.22. The van der Waals surface area contributed by atoms with Gasteiger partial charge in [0.1, 0.15) is 5.69 Å². The zero-order chi connectivity index (χ0) is 28.6. The van der Waals surface area contributed by atoms with Crippen molar-refractivity contribution in [3.05, 3.63) is 99.3 Å². The molecular weight excluding hydrogens is 537 g/mol. The topological polar surface area (TPSA) is 127 Å². The Balaban J connectivity index is 1.89. The highest BCUT2D eigenvalue weighted by Crippen LogP contribution is 2.32. The molecule has 4 aromatic rings. The summed E-state index contributed by atoms with van der Waals surface area (Å²) in [5.41, 5.74) is 0.824. The van der Waals surface area contributed by atoms with Crippen molar-refractivity contribution in [3.63, 3.8) is 0 Å². The highest BCUT2D eigenvalue weighted by atomic mass is 35.5. The molecule has 0 spiro atoms. The quantitative estimate of drug-likeness (QED) is 0.153. The number of halogens is 2. The number of pyridine rings is 2. The van der Waals surface area contributed by atoms with Crippen LogP contribution >= 0.6 is 11.6 Å². The molecule has 0 aliphatic heterocycles. The van der Waals surface area contributed by atoms with E-state index in [2.05, 4.69) is 26.5 Å². The Labute approximate surface area is 234 Å². The number of fused-ring (bicyclic) bond motifs is 1. The van der Waals surface area contributed by atoms with E-state index < -0.39 is 23.9 Å². The molecule has 4 N–H and O–H groups in total. The summed E-state index contributed by atoms with van der Waals surface area (Å²) >= 11 is 5.97. The third-order valence-corrected chi connectivity index (χ3v) is 6.48. The molecule has 11 heteroatoms. The number of hydrogen-bond donors (Lipinski definition) is 4. The lowest BCUT2D eigenvalue weighted by molar-refractivity contribution is 0.0669. The average Bonchev–Trinajstić information content (AvgIpc) is 2.95. The molecular formula is C29H25ClFN5O4. The first-order valence-electron chi connectivity index (χ1n) is 12.3. The zero-order valence-corrected chi connectivity index (χ0v) is 21.9. The van der Waals surface area contributed by atoms with Crippen LogP contribution in [0.1, 0.15) is 34.9 Å². The summed E-state index contributed by atoms with van der Waals surface area (Å²) in [6.07, 6.45) is 7.64. The fraction of sp³-hybridized carbons (Fsp3) is 0.172. The number of amides is 2. The van der Waals surface area contributed by atoms with E-state index in [0.717, 1.165) is 0 Å². The first kappa shape index (κ1) is 28.1. The van der Waals surface area contributed by atoms with Crippen molar-refractivity contribution in [2.24, 2.45) is 0 Å². The lowest BCUT2D eigenvalue weighted by Crippen LogP contribution is -2.39. The van der Waals surface area contributed by atoms with E-state index in [0.29, 0.717) is 16.6 Å². The van der Waals surface area contributed by atoms with E-state index in [1.165, 1.54) is 35.5 Å². The molecule has 0 aliphatic carbocycles. The maximum atomic E-state index is 15.0. The largest absolute Gasteiger partial charge is 0.465 e. The van der Waals surface area contributed by atoms with Gasteiger partial charge in [0.15, 0.2) is 5.82 Å². The second-order valence-corrected chi connectivity index (χ2v) is 9.17. The number of carbonyl (C=O) groups is 2. The molecule has 0 saturated carbocycles. The summed E-state index contributed by atoms with van der Waals surface area (Å²) in [7, 11) is 0. The SMILES string of the molecule is C#CCC(c1[nH]c2cnccc2c(=O)c1Nc1ccccc1)N(CCCNC(=O)O)C(=O)c1cccc(Cl)c1F. The number of nitrogens with one attached hydrogen (secondary N) is 3. The molecule has 0 aliphatic rings. The first-order valence-corrected chi connectivity index (χ1v) is 12.7. The van der Waals surface area contributed by atoms with E-state index in [1.54, 1.807) is 30.3 Å². The maximum absolute atomic E-state index is 15.0. The van der Waals surface area contributed by atoms with Crippen LogP contribution in [0.2, 0.25) is 5.02 Å². The summed E-state index contributed by atoms with van der Waals surface area (Å²) in [6, 6.07) is 13.7. The van der Waals surface area contributed by atoms with Gasteiger partial charge in [0.05, 0.1) is 39.4 Å². The molecule has 0 saturated heterocycles. The highest BCUT2D eigenvalue weighted by Gasteiger charge is 2.31. The monoisotopic (exact) mass is 561 g/mol. The average molecular weight is 562 g/mol. The number of anilines is 2. The van der Waals surface area contributed by atoms with Gasteiger partial charge in [0.25, 0.3) is 5.91 Å². The number of aromatic nitrogens is 2. The molecule has 204 valence electrons. The Kier molecular flexibility index (Phi) is 8.99. The van der Waals surface area contributed by atoms with E-state index in [1.807, 2.05) is 6.07 Å². The molecule has 0 radical (unpaired) electrons. The van der Waals surface area contributed by atoms with Gasteiger partial charge in [-0.25, -0.2) is 9.18 Å². The molecule has 1 unspecified atom stereocenters. The minimum Gasteiger partial charge on any atom is -0.465 e. The molecule has 2 aromatic heterocycles. The number of aromatic amines is 1. The van der Waals surface area contributed by atoms with Crippen molar-refractivity contribution in [3.8, 4) is 12.3 Å². The number of H-pyrrole nitrogens is 1. The normalized spacial score (nSPS) is 11.4. The number of terminal acetylenes is 1. The Bertz CT molecular complexity index is 1640. The van der Waals surface area contributed by atoms with Crippen LogP contribution in [-0.4, -0.2) is 45.1 Å². The van der Waals surface area contributed by atoms with Gasteiger partial charge in [-0.05, 0) is 36.8 Å². The van der Waals surface area contributed by atoms with Crippen molar-refractivity contribution in [2.45, 2.75) is 18.9 Å². The molecule has 9 nitrogen and oxygen atoms in total. The predicted octanol–water partition coefficient (Wildman–Crippen LogP) is 5.32. The smallest absolute Gasteiger partial charge is 0.404 e. The number of carboxylic acid groups (broad SMARTS) is 1. The maximum Gasteiger partial charge on any atom is 0.404 e. The van der Waals surface area contributed by atoms with Gasteiger partial charge in [-0.1, -0.05) is 35.9 Å². The molecule has 0 fully saturated rings. The minimum atomic E-state index is -1.22. The standard InChI is InChI=1S/C29H25ClFN5O4/c1-2-8-23(36(16-7-14-33-29(39)40)28(38)20-11-6-12-21(30)24(20)31)25-26(34-18-9-4-3-5-10-18)27(37)19-13-15-32-17-22(19)35-25/h1,3-6,9-13,15,17,23,33-34H,7-8,14,16H2,(H,35,37)(H,39,40). The number of hydrogen-bond acceptors (Lipinski definition) is 5. The summed E-state index contributed by atoms with van der Waals surface area (Å²) in [6.45, 7) is 0.00248. The molecule has 0 bridgehead atoms. The lowest BCUT2D eigenvalue weighted by atomic mass is 10.0. The number of para-hydroxylation sites is 1. The van der Waals surface area contributed by atoms with Gasteiger partial charge in [0, 0.05) is 31.4 Å². The lowest BCUT2D eigenvalue weighted by Gasteiger charge is -2.32.